The Morgan fingerprint density at radius 1 is 1.20 bits per heavy atom. The van der Waals surface area contributed by atoms with E-state index in [-0.39, 0.29) is 5.54 Å². The van der Waals surface area contributed by atoms with Crippen molar-refractivity contribution in [1.29, 1.82) is 0 Å². The molecule has 20 heavy (non-hydrogen) atoms. The topological polar surface area (TPSA) is 64.9 Å². The highest BCUT2D eigenvalue weighted by Crippen LogP contribution is 2.35. The van der Waals surface area contributed by atoms with Gasteiger partial charge in [-0.15, -0.1) is 0 Å². The zero-order chi connectivity index (χ0) is 14.0. The SMILES string of the molecule is CC(Cc1nc(C2(N)CCCC2)no1)C1CCCCC1. The van der Waals surface area contributed by atoms with Gasteiger partial charge in [-0.05, 0) is 24.7 Å². The van der Waals surface area contributed by atoms with E-state index >= 15 is 0 Å². The lowest BCUT2D eigenvalue weighted by molar-refractivity contribution is 0.243. The van der Waals surface area contributed by atoms with Crippen molar-refractivity contribution < 1.29 is 4.52 Å². The summed E-state index contributed by atoms with van der Waals surface area (Å²) < 4.78 is 5.46. The highest BCUT2D eigenvalue weighted by molar-refractivity contribution is 5.06. The van der Waals surface area contributed by atoms with Crippen molar-refractivity contribution in [2.45, 2.75) is 76.7 Å². The van der Waals surface area contributed by atoms with Gasteiger partial charge >= 0.3 is 0 Å². The standard InChI is InChI=1S/C16H27N3O/c1-12(13-7-3-2-4-8-13)11-14-18-15(19-20-14)16(17)9-5-6-10-16/h12-13H,2-11,17H2,1H3. The fourth-order valence-corrected chi connectivity index (χ4v) is 3.91. The fraction of sp³-hybridized carbons (Fsp3) is 0.875. The second-order valence-electron chi connectivity index (χ2n) is 6.95. The van der Waals surface area contributed by atoms with Crippen LogP contribution in [-0.4, -0.2) is 10.1 Å². The molecule has 0 aromatic carbocycles. The van der Waals surface area contributed by atoms with Gasteiger partial charge < -0.3 is 10.3 Å². The molecule has 0 spiro atoms. The summed E-state index contributed by atoms with van der Waals surface area (Å²) in [4.78, 5) is 4.60. The van der Waals surface area contributed by atoms with E-state index in [2.05, 4.69) is 17.1 Å². The van der Waals surface area contributed by atoms with Gasteiger partial charge in [-0.25, -0.2) is 0 Å². The molecule has 1 unspecified atom stereocenters. The predicted molar refractivity (Wildman–Crippen MR) is 78.1 cm³/mol. The van der Waals surface area contributed by atoms with Crippen LogP contribution in [0, 0.1) is 11.8 Å². The molecule has 2 saturated carbocycles. The maximum absolute atomic E-state index is 6.38. The van der Waals surface area contributed by atoms with Gasteiger partial charge in [-0.3, -0.25) is 0 Å². The second-order valence-corrected chi connectivity index (χ2v) is 6.95. The van der Waals surface area contributed by atoms with Crippen molar-refractivity contribution in [3.63, 3.8) is 0 Å². The molecule has 4 heteroatoms. The van der Waals surface area contributed by atoms with E-state index in [0.717, 1.165) is 36.9 Å². The Balaban J connectivity index is 1.62. The lowest BCUT2D eigenvalue weighted by Gasteiger charge is -2.26. The fourth-order valence-electron chi connectivity index (χ4n) is 3.91. The Morgan fingerprint density at radius 3 is 2.60 bits per heavy atom. The second kappa shape index (κ2) is 5.84. The molecule has 112 valence electrons. The first kappa shape index (κ1) is 14.1. The van der Waals surface area contributed by atoms with E-state index in [1.165, 1.54) is 44.9 Å². The van der Waals surface area contributed by atoms with Gasteiger partial charge in [0.2, 0.25) is 5.89 Å². The smallest absolute Gasteiger partial charge is 0.226 e. The first-order valence-electron chi connectivity index (χ1n) is 8.29. The van der Waals surface area contributed by atoms with E-state index in [0.29, 0.717) is 5.92 Å². The number of nitrogens with two attached hydrogens (primary N) is 1. The van der Waals surface area contributed by atoms with Crippen LogP contribution in [-0.2, 0) is 12.0 Å². The molecule has 4 nitrogen and oxygen atoms in total. The van der Waals surface area contributed by atoms with Crippen LogP contribution in [0.2, 0.25) is 0 Å². The number of hydrogen-bond acceptors (Lipinski definition) is 4. The minimum Gasteiger partial charge on any atom is -0.339 e. The van der Waals surface area contributed by atoms with Gasteiger partial charge in [0.25, 0.3) is 0 Å². The molecule has 1 atom stereocenters. The van der Waals surface area contributed by atoms with Crippen molar-refractivity contribution in [2.24, 2.45) is 17.6 Å². The van der Waals surface area contributed by atoms with Gasteiger partial charge in [-0.1, -0.05) is 57.0 Å². The Morgan fingerprint density at radius 2 is 1.90 bits per heavy atom. The third kappa shape index (κ3) is 2.90. The average Bonchev–Trinajstić information content (AvgIpc) is 3.10. The van der Waals surface area contributed by atoms with Crippen LogP contribution in [0.5, 0.6) is 0 Å². The molecule has 1 heterocycles. The Hall–Kier alpha value is -0.900. The minimum atomic E-state index is -0.324. The number of nitrogens with zero attached hydrogens (tertiary/aromatic N) is 2. The molecular weight excluding hydrogens is 250 g/mol. The van der Waals surface area contributed by atoms with Gasteiger partial charge in [0.1, 0.15) is 0 Å². The van der Waals surface area contributed by atoms with Crippen LogP contribution in [0.15, 0.2) is 4.52 Å². The Labute approximate surface area is 121 Å². The molecule has 0 radical (unpaired) electrons. The third-order valence-electron chi connectivity index (χ3n) is 5.36. The highest BCUT2D eigenvalue weighted by Gasteiger charge is 2.36. The summed E-state index contributed by atoms with van der Waals surface area (Å²) in [6.45, 7) is 2.33. The van der Waals surface area contributed by atoms with Crippen molar-refractivity contribution >= 4 is 0 Å². The summed E-state index contributed by atoms with van der Waals surface area (Å²) >= 11 is 0. The molecule has 1 aromatic heterocycles. The summed E-state index contributed by atoms with van der Waals surface area (Å²) in [5, 5.41) is 4.16. The quantitative estimate of drug-likeness (QED) is 0.914. The molecule has 0 amide bonds. The predicted octanol–water partition coefficient (Wildman–Crippen LogP) is 3.56. The van der Waals surface area contributed by atoms with E-state index in [9.17, 15) is 0 Å². The van der Waals surface area contributed by atoms with Crippen molar-refractivity contribution in [1.82, 2.24) is 10.1 Å². The van der Waals surface area contributed by atoms with Crippen LogP contribution in [0.25, 0.3) is 0 Å². The summed E-state index contributed by atoms with van der Waals surface area (Å²) in [6.07, 6.45) is 12.2. The normalized spacial score (nSPS) is 24.9. The molecule has 2 aliphatic carbocycles. The Bertz CT molecular complexity index is 431. The monoisotopic (exact) mass is 277 g/mol. The lowest BCUT2D eigenvalue weighted by Crippen LogP contribution is -2.34. The van der Waals surface area contributed by atoms with Crippen LogP contribution in [0.3, 0.4) is 0 Å². The van der Waals surface area contributed by atoms with Gasteiger partial charge in [0, 0.05) is 6.42 Å². The molecule has 1 aromatic rings. The lowest BCUT2D eigenvalue weighted by atomic mass is 9.79. The molecule has 2 N–H and O–H groups in total. The minimum absolute atomic E-state index is 0.324. The number of rotatable bonds is 4. The van der Waals surface area contributed by atoms with Crippen LogP contribution < -0.4 is 5.73 Å². The zero-order valence-electron chi connectivity index (χ0n) is 12.6. The van der Waals surface area contributed by atoms with Gasteiger partial charge in [0.15, 0.2) is 5.82 Å². The van der Waals surface area contributed by atoms with Crippen molar-refractivity contribution in [3.8, 4) is 0 Å². The third-order valence-corrected chi connectivity index (χ3v) is 5.36. The molecule has 0 saturated heterocycles. The van der Waals surface area contributed by atoms with Crippen LogP contribution >= 0.6 is 0 Å². The Kier molecular flexibility index (Phi) is 4.11. The summed E-state index contributed by atoms with van der Waals surface area (Å²) in [5.41, 5.74) is 6.06. The first-order valence-corrected chi connectivity index (χ1v) is 8.29. The van der Waals surface area contributed by atoms with Gasteiger partial charge in [-0.2, -0.15) is 4.98 Å². The maximum atomic E-state index is 6.38. The molecule has 0 aliphatic heterocycles. The van der Waals surface area contributed by atoms with Crippen molar-refractivity contribution in [2.75, 3.05) is 0 Å². The van der Waals surface area contributed by atoms with Crippen molar-refractivity contribution in [3.05, 3.63) is 11.7 Å². The van der Waals surface area contributed by atoms with E-state index in [1.807, 2.05) is 0 Å². The number of hydrogen-bond donors (Lipinski definition) is 1. The molecule has 2 aliphatic rings. The summed E-state index contributed by atoms with van der Waals surface area (Å²) in [6, 6.07) is 0. The van der Waals surface area contributed by atoms with E-state index in [4.69, 9.17) is 10.3 Å². The molecule has 0 bridgehead atoms. The largest absolute Gasteiger partial charge is 0.339 e. The summed E-state index contributed by atoms with van der Waals surface area (Å²) in [5.74, 6) is 2.99. The maximum Gasteiger partial charge on any atom is 0.226 e. The van der Waals surface area contributed by atoms with Gasteiger partial charge in [0.05, 0.1) is 5.54 Å². The molecule has 3 rings (SSSR count). The molecule has 2 fully saturated rings. The highest BCUT2D eigenvalue weighted by atomic mass is 16.5. The molecular formula is C16H27N3O. The van der Waals surface area contributed by atoms with Crippen LogP contribution in [0.1, 0.15) is 76.4 Å². The van der Waals surface area contributed by atoms with E-state index in [1.54, 1.807) is 0 Å². The summed E-state index contributed by atoms with van der Waals surface area (Å²) in [7, 11) is 0. The zero-order valence-corrected chi connectivity index (χ0v) is 12.6. The number of aromatic nitrogens is 2. The van der Waals surface area contributed by atoms with Crippen LogP contribution in [0.4, 0.5) is 0 Å². The van der Waals surface area contributed by atoms with E-state index < -0.39 is 0 Å². The first-order chi connectivity index (χ1) is 9.67. The average molecular weight is 277 g/mol.